The first-order valence-corrected chi connectivity index (χ1v) is 7.81. The Hall–Kier alpha value is -2.95. The monoisotopic (exact) mass is 321 g/mol. The summed E-state index contributed by atoms with van der Waals surface area (Å²) in [6.45, 7) is 4.35. The number of carbonyl (C=O) groups excluding carboxylic acids is 1. The van der Waals surface area contributed by atoms with E-state index in [-0.39, 0.29) is 12.3 Å². The van der Waals surface area contributed by atoms with Gasteiger partial charge < -0.3 is 9.73 Å². The zero-order valence-corrected chi connectivity index (χ0v) is 13.7. The van der Waals surface area contributed by atoms with Gasteiger partial charge in [0.15, 0.2) is 0 Å². The molecule has 0 saturated heterocycles. The second-order valence-electron chi connectivity index (χ2n) is 5.71. The highest BCUT2D eigenvalue weighted by molar-refractivity contribution is 5.78. The molecule has 3 aromatic rings. The molecule has 0 atom stereocenters. The van der Waals surface area contributed by atoms with E-state index in [1.165, 1.54) is 5.56 Å². The average Bonchev–Trinajstić information content (AvgIpc) is 2.95. The third-order valence-corrected chi connectivity index (χ3v) is 3.70. The Labute approximate surface area is 140 Å². The first-order chi connectivity index (χ1) is 11.6. The van der Waals surface area contributed by atoms with Crippen molar-refractivity contribution in [3.8, 4) is 11.5 Å². The first-order valence-electron chi connectivity index (χ1n) is 7.81. The number of hydrogen-bond donors (Lipinski definition) is 1. The fourth-order valence-electron chi connectivity index (χ4n) is 2.44. The number of aromatic nitrogens is 2. The van der Waals surface area contributed by atoms with Crippen LogP contribution in [0, 0.1) is 13.8 Å². The van der Waals surface area contributed by atoms with Crippen molar-refractivity contribution >= 4 is 5.91 Å². The van der Waals surface area contributed by atoms with E-state index in [4.69, 9.17) is 4.42 Å². The lowest BCUT2D eigenvalue weighted by atomic mass is 10.1. The number of pyridine rings is 1. The van der Waals surface area contributed by atoms with E-state index in [0.29, 0.717) is 23.9 Å². The molecule has 0 saturated carbocycles. The van der Waals surface area contributed by atoms with Crippen LogP contribution in [0.1, 0.15) is 22.6 Å². The topological polar surface area (TPSA) is 68.0 Å². The van der Waals surface area contributed by atoms with Crippen LogP contribution >= 0.6 is 0 Å². The van der Waals surface area contributed by atoms with Crippen molar-refractivity contribution in [2.24, 2.45) is 0 Å². The van der Waals surface area contributed by atoms with E-state index in [1.54, 1.807) is 12.4 Å². The van der Waals surface area contributed by atoms with Crippen LogP contribution in [0.25, 0.3) is 11.5 Å². The van der Waals surface area contributed by atoms with E-state index in [0.717, 1.165) is 11.1 Å². The second kappa shape index (κ2) is 7.08. The molecular weight excluding hydrogens is 302 g/mol. The zero-order chi connectivity index (χ0) is 16.9. The molecule has 122 valence electrons. The Kier molecular flexibility index (Phi) is 4.70. The van der Waals surface area contributed by atoms with E-state index in [2.05, 4.69) is 21.4 Å². The maximum absolute atomic E-state index is 12.2. The minimum absolute atomic E-state index is 0.0781. The maximum atomic E-state index is 12.2. The summed E-state index contributed by atoms with van der Waals surface area (Å²) in [5, 5.41) is 2.92. The molecule has 1 aromatic carbocycles. The molecule has 1 N–H and O–H groups in total. The molecule has 1 amide bonds. The van der Waals surface area contributed by atoms with Crippen molar-refractivity contribution in [3.63, 3.8) is 0 Å². The summed E-state index contributed by atoms with van der Waals surface area (Å²) in [6, 6.07) is 11.8. The standard InChI is InChI=1S/C19H19N3O2/c1-13-5-3-6-15(9-13)11-21-18(23)10-17-14(2)24-19(22-17)16-7-4-8-20-12-16/h3-9,12H,10-11H2,1-2H3,(H,21,23). The predicted molar refractivity (Wildman–Crippen MR) is 91.2 cm³/mol. The molecule has 0 aliphatic heterocycles. The highest BCUT2D eigenvalue weighted by Gasteiger charge is 2.14. The lowest BCUT2D eigenvalue weighted by Crippen LogP contribution is -2.25. The molecule has 5 nitrogen and oxygen atoms in total. The minimum Gasteiger partial charge on any atom is -0.441 e. The SMILES string of the molecule is Cc1cccc(CNC(=O)Cc2nc(-c3cccnc3)oc2C)c1. The van der Waals surface area contributed by atoms with Gasteiger partial charge in [-0.2, -0.15) is 0 Å². The van der Waals surface area contributed by atoms with Gasteiger partial charge in [-0.1, -0.05) is 29.8 Å². The van der Waals surface area contributed by atoms with E-state index < -0.39 is 0 Å². The summed E-state index contributed by atoms with van der Waals surface area (Å²) in [7, 11) is 0. The summed E-state index contributed by atoms with van der Waals surface area (Å²) < 4.78 is 5.65. The molecule has 0 radical (unpaired) electrons. The Bertz CT molecular complexity index is 841. The summed E-state index contributed by atoms with van der Waals surface area (Å²) in [4.78, 5) is 20.6. The largest absolute Gasteiger partial charge is 0.441 e. The molecule has 0 fully saturated rings. The Morgan fingerprint density at radius 1 is 1.21 bits per heavy atom. The lowest BCUT2D eigenvalue weighted by Gasteiger charge is -2.05. The zero-order valence-electron chi connectivity index (χ0n) is 13.7. The summed E-state index contributed by atoms with van der Waals surface area (Å²) in [6.07, 6.45) is 3.58. The molecule has 0 spiro atoms. The van der Waals surface area contributed by atoms with Crippen LogP contribution in [0.2, 0.25) is 0 Å². The summed E-state index contributed by atoms with van der Waals surface area (Å²) in [5.41, 5.74) is 3.70. The van der Waals surface area contributed by atoms with Crippen LogP contribution in [-0.4, -0.2) is 15.9 Å². The molecular formula is C19H19N3O2. The van der Waals surface area contributed by atoms with Gasteiger partial charge >= 0.3 is 0 Å². The fourth-order valence-corrected chi connectivity index (χ4v) is 2.44. The number of aryl methyl sites for hydroxylation is 2. The number of amides is 1. The quantitative estimate of drug-likeness (QED) is 0.783. The average molecular weight is 321 g/mol. The van der Waals surface area contributed by atoms with Crippen molar-refractivity contribution in [3.05, 3.63) is 71.4 Å². The van der Waals surface area contributed by atoms with Crippen LogP contribution in [0.15, 0.2) is 53.2 Å². The van der Waals surface area contributed by atoms with Gasteiger partial charge in [0.2, 0.25) is 11.8 Å². The van der Waals surface area contributed by atoms with Crippen molar-refractivity contribution in [2.45, 2.75) is 26.8 Å². The molecule has 2 aromatic heterocycles. The van der Waals surface area contributed by atoms with Crippen LogP contribution in [0.5, 0.6) is 0 Å². The van der Waals surface area contributed by atoms with Crippen molar-refractivity contribution in [1.29, 1.82) is 0 Å². The Morgan fingerprint density at radius 2 is 2.08 bits per heavy atom. The van der Waals surface area contributed by atoms with Crippen molar-refractivity contribution in [1.82, 2.24) is 15.3 Å². The van der Waals surface area contributed by atoms with Gasteiger partial charge in [-0.3, -0.25) is 9.78 Å². The Morgan fingerprint density at radius 3 is 2.83 bits per heavy atom. The van der Waals surface area contributed by atoms with Crippen molar-refractivity contribution < 1.29 is 9.21 Å². The predicted octanol–water partition coefficient (Wildman–Crippen LogP) is 3.21. The number of rotatable bonds is 5. The lowest BCUT2D eigenvalue weighted by molar-refractivity contribution is -0.120. The van der Waals surface area contributed by atoms with E-state index >= 15 is 0 Å². The van der Waals surface area contributed by atoms with Gasteiger partial charge in [0.25, 0.3) is 0 Å². The number of carbonyl (C=O) groups is 1. The summed E-state index contributed by atoms with van der Waals surface area (Å²) >= 11 is 0. The third kappa shape index (κ3) is 3.87. The fraction of sp³-hybridized carbons (Fsp3) is 0.211. The molecule has 24 heavy (non-hydrogen) atoms. The highest BCUT2D eigenvalue weighted by Crippen LogP contribution is 2.20. The molecule has 0 aliphatic carbocycles. The molecule has 0 bridgehead atoms. The first kappa shape index (κ1) is 15.9. The number of hydrogen-bond acceptors (Lipinski definition) is 4. The Balaban J connectivity index is 1.63. The van der Waals surface area contributed by atoms with Crippen LogP contribution in [0.4, 0.5) is 0 Å². The van der Waals surface area contributed by atoms with Crippen LogP contribution in [0.3, 0.4) is 0 Å². The number of nitrogens with zero attached hydrogens (tertiary/aromatic N) is 2. The number of nitrogens with one attached hydrogen (secondary N) is 1. The van der Waals surface area contributed by atoms with Gasteiger partial charge in [0, 0.05) is 18.9 Å². The number of benzene rings is 1. The van der Waals surface area contributed by atoms with Crippen LogP contribution in [-0.2, 0) is 17.8 Å². The van der Waals surface area contributed by atoms with Crippen molar-refractivity contribution in [2.75, 3.05) is 0 Å². The van der Waals surface area contributed by atoms with E-state index in [1.807, 2.05) is 44.2 Å². The highest BCUT2D eigenvalue weighted by atomic mass is 16.4. The van der Waals surface area contributed by atoms with Gasteiger partial charge in [-0.25, -0.2) is 4.98 Å². The normalized spacial score (nSPS) is 10.6. The third-order valence-electron chi connectivity index (χ3n) is 3.70. The molecule has 0 aliphatic rings. The van der Waals surface area contributed by atoms with Gasteiger partial charge in [-0.15, -0.1) is 0 Å². The molecule has 3 rings (SSSR count). The maximum Gasteiger partial charge on any atom is 0.228 e. The van der Waals surface area contributed by atoms with E-state index in [9.17, 15) is 4.79 Å². The minimum atomic E-state index is -0.0781. The second-order valence-corrected chi connectivity index (χ2v) is 5.71. The summed E-state index contributed by atoms with van der Waals surface area (Å²) in [5.74, 6) is 1.06. The molecule has 0 unspecified atom stereocenters. The number of oxazole rings is 1. The molecule has 2 heterocycles. The van der Waals surface area contributed by atoms with Crippen LogP contribution < -0.4 is 5.32 Å². The smallest absolute Gasteiger partial charge is 0.228 e. The van der Waals surface area contributed by atoms with Gasteiger partial charge in [0.1, 0.15) is 5.76 Å². The van der Waals surface area contributed by atoms with Gasteiger partial charge in [0.05, 0.1) is 17.7 Å². The van der Waals surface area contributed by atoms with Gasteiger partial charge in [-0.05, 0) is 31.5 Å². The molecule has 5 heteroatoms.